The molecule has 1 aliphatic carbocycles. The molecule has 0 aromatic heterocycles. The summed E-state index contributed by atoms with van der Waals surface area (Å²) in [5, 5.41) is 2.93. The number of nitrogens with two attached hydrogens (primary N) is 1. The van der Waals surface area contributed by atoms with E-state index in [4.69, 9.17) is 5.73 Å². The van der Waals surface area contributed by atoms with Gasteiger partial charge < -0.3 is 11.1 Å². The molecule has 0 spiro atoms. The lowest BCUT2D eigenvalue weighted by molar-refractivity contribution is -0.120. The molecular weight excluding hydrogens is 228 g/mol. The van der Waals surface area contributed by atoms with Gasteiger partial charge in [0.25, 0.3) is 0 Å². The number of carbonyl (C=O) groups is 2. The summed E-state index contributed by atoms with van der Waals surface area (Å²) < 4.78 is 0. The number of rotatable bonds is 5. The van der Waals surface area contributed by atoms with Crippen molar-refractivity contribution in [2.24, 2.45) is 11.7 Å². The number of allylic oxidation sites excluding steroid dienone is 1. The van der Waals surface area contributed by atoms with Crippen molar-refractivity contribution >= 4 is 11.8 Å². The van der Waals surface area contributed by atoms with E-state index >= 15 is 0 Å². The first-order valence-corrected chi connectivity index (χ1v) is 6.72. The average Bonchev–Trinajstić information content (AvgIpc) is 2.27. The van der Waals surface area contributed by atoms with E-state index in [9.17, 15) is 9.59 Å². The van der Waals surface area contributed by atoms with E-state index in [1.54, 1.807) is 6.08 Å². The van der Waals surface area contributed by atoms with E-state index in [2.05, 4.69) is 5.32 Å². The molecule has 1 atom stereocenters. The molecule has 4 nitrogen and oxygen atoms in total. The van der Waals surface area contributed by atoms with E-state index in [1.807, 2.05) is 13.8 Å². The van der Waals surface area contributed by atoms with Crippen LogP contribution in [0, 0.1) is 5.92 Å². The zero-order chi connectivity index (χ0) is 13.5. The van der Waals surface area contributed by atoms with Crippen LogP contribution in [0.3, 0.4) is 0 Å². The van der Waals surface area contributed by atoms with E-state index in [0.29, 0.717) is 5.92 Å². The zero-order valence-electron chi connectivity index (χ0n) is 11.4. The van der Waals surface area contributed by atoms with E-state index in [1.165, 1.54) is 19.3 Å². The molecule has 2 amide bonds. The highest BCUT2D eigenvalue weighted by Crippen LogP contribution is 2.27. The summed E-state index contributed by atoms with van der Waals surface area (Å²) in [5.74, 6) is -0.0735. The summed E-state index contributed by atoms with van der Waals surface area (Å²) in [6.45, 7) is 3.76. The second-order valence-electron chi connectivity index (χ2n) is 5.41. The van der Waals surface area contributed by atoms with Gasteiger partial charge >= 0.3 is 0 Å². The van der Waals surface area contributed by atoms with Crippen molar-refractivity contribution in [3.05, 3.63) is 11.6 Å². The van der Waals surface area contributed by atoms with Crippen LogP contribution in [-0.2, 0) is 9.59 Å². The summed E-state index contributed by atoms with van der Waals surface area (Å²) in [7, 11) is 0. The number of carbonyl (C=O) groups excluding carboxylic acids is 2. The molecule has 1 fully saturated rings. The molecule has 3 N–H and O–H groups in total. The van der Waals surface area contributed by atoms with Gasteiger partial charge in [-0.15, -0.1) is 0 Å². The van der Waals surface area contributed by atoms with Crippen molar-refractivity contribution in [1.82, 2.24) is 5.32 Å². The predicted molar refractivity (Wildman–Crippen MR) is 71.7 cm³/mol. The fourth-order valence-corrected chi connectivity index (χ4v) is 2.58. The number of hydrogen-bond donors (Lipinski definition) is 2. The van der Waals surface area contributed by atoms with Crippen LogP contribution in [0.25, 0.3) is 0 Å². The quantitative estimate of drug-likeness (QED) is 0.733. The lowest BCUT2D eigenvalue weighted by Crippen LogP contribution is -2.43. The number of primary amides is 1. The largest absolute Gasteiger partial charge is 0.370 e. The van der Waals surface area contributed by atoms with Crippen LogP contribution in [0.5, 0.6) is 0 Å². The molecule has 1 aliphatic rings. The Bertz CT molecular complexity index is 327. The molecule has 0 unspecified atom stereocenters. The minimum atomic E-state index is -0.344. The van der Waals surface area contributed by atoms with Gasteiger partial charge in [-0.05, 0) is 32.6 Å². The monoisotopic (exact) mass is 252 g/mol. The Morgan fingerprint density at radius 3 is 2.39 bits per heavy atom. The normalized spacial score (nSPS) is 17.9. The molecule has 0 aliphatic heterocycles. The van der Waals surface area contributed by atoms with E-state index < -0.39 is 0 Å². The van der Waals surface area contributed by atoms with Crippen molar-refractivity contribution < 1.29 is 9.59 Å². The maximum absolute atomic E-state index is 11.7. The molecule has 1 rings (SSSR count). The fourth-order valence-electron chi connectivity index (χ4n) is 2.58. The summed E-state index contributed by atoms with van der Waals surface area (Å²) in [6, 6.07) is -0.106. The summed E-state index contributed by atoms with van der Waals surface area (Å²) in [5.41, 5.74) is 6.22. The highest BCUT2D eigenvalue weighted by atomic mass is 16.2. The molecular formula is C14H24N2O2. The van der Waals surface area contributed by atoms with Crippen LogP contribution in [0.4, 0.5) is 0 Å². The van der Waals surface area contributed by atoms with Crippen LogP contribution in [0.1, 0.15) is 52.4 Å². The topological polar surface area (TPSA) is 72.2 Å². The average molecular weight is 252 g/mol. The SMILES string of the molecule is CC(C)=CC(=O)N[C@H](CC(N)=O)C1CCCCC1. The van der Waals surface area contributed by atoms with Crippen molar-refractivity contribution in [3.63, 3.8) is 0 Å². The minimum absolute atomic E-state index is 0.106. The highest BCUT2D eigenvalue weighted by molar-refractivity contribution is 5.88. The smallest absolute Gasteiger partial charge is 0.244 e. The summed E-state index contributed by atoms with van der Waals surface area (Å²) in [6.07, 6.45) is 7.57. The van der Waals surface area contributed by atoms with Gasteiger partial charge in [0.05, 0.1) is 0 Å². The Hall–Kier alpha value is -1.32. The van der Waals surface area contributed by atoms with Gasteiger partial charge in [-0.25, -0.2) is 0 Å². The number of nitrogens with one attached hydrogen (secondary N) is 1. The molecule has 1 saturated carbocycles. The zero-order valence-corrected chi connectivity index (χ0v) is 11.4. The summed E-state index contributed by atoms with van der Waals surface area (Å²) in [4.78, 5) is 22.9. The van der Waals surface area contributed by atoms with E-state index in [-0.39, 0.29) is 24.3 Å². The van der Waals surface area contributed by atoms with E-state index in [0.717, 1.165) is 18.4 Å². The van der Waals surface area contributed by atoms with Crippen LogP contribution >= 0.6 is 0 Å². The highest BCUT2D eigenvalue weighted by Gasteiger charge is 2.25. The predicted octanol–water partition coefficient (Wildman–Crippen LogP) is 1.89. The van der Waals surface area contributed by atoms with Crippen molar-refractivity contribution in [1.29, 1.82) is 0 Å². The third-order valence-corrected chi connectivity index (χ3v) is 3.39. The van der Waals surface area contributed by atoms with Gasteiger partial charge in [-0.2, -0.15) is 0 Å². The standard InChI is InChI=1S/C14H24N2O2/c1-10(2)8-14(18)16-12(9-13(15)17)11-6-4-3-5-7-11/h8,11-12H,3-7,9H2,1-2H3,(H2,15,17)(H,16,18)/t12-/m1/s1. The third kappa shape index (κ3) is 5.34. The van der Waals surface area contributed by atoms with Gasteiger partial charge in [0, 0.05) is 18.5 Å². The van der Waals surface area contributed by atoms with Crippen LogP contribution in [0.15, 0.2) is 11.6 Å². The Balaban J connectivity index is 2.62. The first kappa shape index (κ1) is 14.7. The van der Waals surface area contributed by atoms with Crippen molar-refractivity contribution in [3.8, 4) is 0 Å². The van der Waals surface area contributed by atoms with Gasteiger partial charge in [0.15, 0.2) is 0 Å². The van der Waals surface area contributed by atoms with Gasteiger partial charge in [-0.1, -0.05) is 24.8 Å². The lowest BCUT2D eigenvalue weighted by Gasteiger charge is -2.30. The minimum Gasteiger partial charge on any atom is -0.370 e. The Morgan fingerprint density at radius 1 is 1.28 bits per heavy atom. The Labute approximate surface area is 109 Å². The van der Waals surface area contributed by atoms with Crippen LogP contribution in [0.2, 0.25) is 0 Å². The van der Waals surface area contributed by atoms with Crippen LogP contribution in [-0.4, -0.2) is 17.9 Å². The van der Waals surface area contributed by atoms with Crippen molar-refractivity contribution in [2.75, 3.05) is 0 Å². The molecule has 0 radical (unpaired) electrons. The second-order valence-corrected chi connectivity index (χ2v) is 5.41. The molecule has 18 heavy (non-hydrogen) atoms. The first-order chi connectivity index (χ1) is 8.49. The Kier molecular flexibility index (Phi) is 5.89. The van der Waals surface area contributed by atoms with Crippen molar-refractivity contribution in [2.45, 2.75) is 58.4 Å². The molecule has 0 aromatic carbocycles. The summed E-state index contributed by atoms with van der Waals surface area (Å²) >= 11 is 0. The Morgan fingerprint density at radius 2 is 1.89 bits per heavy atom. The fraction of sp³-hybridized carbons (Fsp3) is 0.714. The number of hydrogen-bond acceptors (Lipinski definition) is 2. The molecule has 102 valence electrons. The van der Waals surface area contributed by atoms with Crippen LogP contribution < -0.4 is 11.1 Å². The van der Waals surface area contributed by atoms with Gasteiger partial charge in [0.2, 0.25) is 11.8 Å². The molecule has 4 heteroatoms. The number of amides is 2. The lowest BCUT2D eigenvalue weighted by atomic mass is 9.82. The molecule has 0 heterocycles. The maximum Gasteiger partial charge on any atom is 0.244 e. The second kappa shape index (κ2) is 7.19. The van der Waals surface area contributed by atoms with Gasteiger partial charge in [-0.3, -0.25) is 9.59 Å². The maximum atomic E-state index is 11.7. The molecule has 0 saturated heterocycles. The molecule has 0 aromatic rings. The third-order valence-electron chi connectivity index (χ3n) is 3.39. The van der Waals surface area contributed by atoms with Gasteiger partial charge in [0.1, 0.15) is 0 Å². The molecule has 0 bridgehead atoms. The first-order valence-electron chi connectivity index (χ1n) is 6.72.